The van der Waals surface area contributed by atoms with Crippen molar-refractivity contribution in [2.45, 2.75) is 6.42 Å². The van der Waals surface area contributed by atoms with Gasteiger partial charge in [0.05, 0.1) is 18.7 Å². The van der Waals surface area contributed by atoms with Crippen LogP contribution in [0.4, 0.5) is 5.82 Å². The second kappa shape index (κ2) is 5.97. The zero-order valence-electron chi connectivity index (χ0n) is 11.4. The number of benzene rings is 1. The number of methoxy groups -OCH3 is 1. The second-order valence-corrected chi connectivity index (χ2v) is 4.84. The molecule has 6 nitrogen and oxygen atoms in total. The largest absolute Gasteiger partial charge is 0.497 e. The van der Waals surface area contributed by atoms with Crippen LogP contribution in [0.5, 0.6) is 5.75 Å². The van der Waals surface area contributed by atoms with Crippen LogP contribution in [0.3, 0.4) is 0 Å². The smallest absolute Gasteiger partial charge is 0.226 e. The van der Waals surface area contributed by atoms with E-state index >= 15 is 0 Å². The fourth-order valence-corrected chi connectivity index (χ4v) is 2.26. The number of ether oxygens (including phenoxy) is 1. The Hall–Kier alpha value is -2.34. The highest BCUT2D eigenvalue weighted by molar-refractivity contribution is 6.28. The van der Waals surface area contributed by atoms with Gasteiger partial charge in [-0.1, -0.05) is 12.1 Å². The average molecular weight is 304 g/mol. The van der Waals surface area contributed by atoms with Gasteiger partial charge in [-0.3, -0.25) is 5.10 Å². The molecule has 0 fully saturated rings. The van der Waals surface area contributed by atoms with Gasteiger partial charge in [0.25, 0.3) is 0 Å². The summed E-state index contributed by atoms with van der Waals surface area (Å²) in [5.74, 6) is 1.54. The van der Waals surface area contributed by atoms with Crippen molar-refractivity contribution in [3.63, 3.8) is 0 Å². The maximum Gasteiger partial charge on any atom is 0.226 e. The van der Waals surface area contributed by atoms with Crippen LogP contribution in [0.2, 0.25) is 5.28 Å². The molecule has 1 aromatic carbocycles. The van der Waals surface area contributed by atoms with Crippen molar-refractivity contribution >= 4 is 28.5 Å². The molecule has 0 saturated heterocycles. The van der Waals surface area contributed by atoms with E-state index in [1.807, 2.05) is 18.2 Å². The first-order valence-electron chi connectivity index (χ1n) is 6.49. The van der Waals surface area contributed by atoms with Crippen molar-refractivity contribution in [1.29, 1.82) is 0 Å². The molecular formula is C14H14ClN5O. The van der Waals surface area contributed by atoms with Crippen LogP contribution < -0.4 is 10.1 Å². The highest BCUT2D eigenvalue weighted by Gasteiger charge is 2.07. The molecule has 3 aromatic rings. The van der Waals surface area contributed by atoms with Crippen LogP contribution in [0.15, 0.2) is 30.5 Å². The number of aromatic nitrogens is 4. The number of rotatable bonds is 5. The molecule has 0 unspecified atom stereocenters. The van der Waals surface area contributed by atoms with Gasteiger partial charge in [-0.25, -0.2) is 0 Å². The van der Waals surface area contributed by atoms with E-state index in [-0.39, 0.29) is 5.28 Å². The monoisotopic (exact) mass is 303 g/mol. The summed E-state index contributed by atoms with van der Waals surface area (Å²) in [6.07, 6.45) is 2.53. The number of fused-ring (bicyclic) bond motifs is 1. The van der Waals surface area contributed by atoms with Gasteiger partial charge in [0.15, 0.2) is 5.65 Å². The lowest BCUT2D eigenvalue weighted by Crippen LogP contribution is -2.07. The van der Waals surface area contributed by atoms with E-state index in [4.69, 9.17) is 16.3 Å². The summed E-state index contributed by atoms with van der Waals surface area (Å²) in [5.41, 5.74) is 1.81. The number of nitrogens with zero attached hydrogens (tertiary/aromatic N) is 3. The second-order valence-electron chi connectivity index (χ2n) is 4.50. The molecule has 0 aliphatic carbocycles. The number of hydrogen-bond donors (Lipinski definition) is 2. The molecule has 0 aliphatic rings. The highest BCUT2D eigenvalue weighted by Crippen LogP contribution is 2.20. The lowest BCUT2D eigenvalue weighted by atomic mass is 10.1. The van der Waals surface area contributed by atoms with E-state index in [0.29, 0.717) is 11.5 Å². The predicted octanol–water partition coefficient (Wildman–Crippen LogP) is 2.67. The Morgan fingerprint density at radius 2 is 2.24 bits per heavy atom. The molecule has 2 aromatic heterocycles. The Kier molecular flexibility index (Phi) is 3.87. The van der Waals surface area contributed by atoms with Gasteiger partial charge >= 0.3 is 0 Å². The molecule has 2 heterocycles. The van der Waals surface area contributed by atoms with Gasteiger partial charge < -0.3 is 10.1 Å². The van der Waals surface area contributed by atoms with Gasteiger partial charge in [-0.05, 0) is 35.7 Å². The Bertz CT molecular complexity index is 758. The van der Waals surface area contributed by atoms with E-state index in [2.05, 4.69) is 31.5 Å². The maximum absolute atomic E-state index is 5.89. The zero-order chi connectivity index (χ0) is 14.7. The standard InChI is InChI=1S/C14H14ClN5O/c1-21-10-4-2-3-9(7-10)5-6-16-12-11-8-17-20-13(11)19-14(15)18-12/h2-4,7-8H,5-6H2,1H3,(H2,16,17,18,19,20). The van der Waals surface area contributed by atoms with Gasteiger partial charge in [0, 0.05) is 6.54 Å². The Morgan fingerprint density at radius 1 is 1.33 bits per heavy atom. The molecular weight excluding hydrogens is 290 g/mol. The van der Waals surface area contributed by atoms with Gasteiger partial charge in [0.1, 0.15) is 11.6 Å². The minimum atomic E-state index is 0.190. The normalized spacial score (nSPS) is 10.8. The summed E-state index contributed by atoms with van der Waals surface area (Å²) in [4.78, 5) is 8.26. The van der Waals surface area contributed by atoms with Crippen molar-refractivity contribution < 1.29 is 4.74 Å². The molecule has 0 saturated carbocycles. The Morgan fingerprint density at radius 3 is 3.10 bits per heavy atom. The van der Waals surface area contributed by atoms with Crippen molar-refractivity contribution in [3.05, 3.63) is 41.3 Å². The maximum atomic E-state index is 5.89. The topological polar surface area (TPSA) is 75.7 Å². The summed E-state index contributed by atoms with van der Waals surface area (Å²) in [6.45, 7) is 0.723. The van der Waals surface area contributed by atoms with Crippen LogP contribution in [-0.4, -0.2) is 33.8 Å². The molecule has 108 valence electrons. The minimum Gasteiger partial charge on any atom is -0.497 e. The van der Waals surface area contributed by atoms with Crippen molar-refractivity contribution in [3.8, 4) is 5.75 Å². The third-order valence-corrected chi connectivity index (χ3v) is 3.29. The fourth-order valence-electron chi connectivity index (χ4n) is 2.10. The first kappa shape index (κ1) is 13.6. The molecule has 7 heteroatoms. The fraction of sp³-hybridized carbons (Fsp3) is 0.214. The molecule has 0 aliphatic heterocycles. The molecule has 0 atom stereocenters. The van der Waals surface area contributed by atoms with E-state index in [9.17, 15) is 0 Å². The van der Waals surface area contributed by atoms with Gasteiger partial charge in [0.2, 0.25) is 5.28 Å². The molecule has 0 radical (unpaired) electrons. The number of aromatic amines is 1. The molecule has 21 heavy (non-hydrogen) atoms. The molecule has 0 spiro atoms. The third-order valence-electron chi connectivity index (χ3n) is 3.12. The first-order valence-corrected chi connectivity index (χ1v) is 6.87. The third kappa shape index (κ3) is 3.05. The van der Waals surface area contributed by atoms with Gasteiger partial charge in [-0.2, -0.15) is 15.1 Å². The number of H-pyrrole nitrogens is 1. The molecule has 0 amide bonds. The lowest BCUT2D eigenvalue weighted by Gasteiger charge is -2.08. The zero-order valence-corrected chi connectivity index (χ0v) is 12.2. The number of halogens is 1. The van der Waals surface area contributed by atoms with Crippen molar-refractivity contribution in [2.75, 3.05) is 19.0 Å². The van der Waals surface area contributed by atoms with Crippen LogP contribution in [0, 0.1) is 0 Å². The summed E-state index contributed by atoms with van der Waals surface area (Å²) in [5, 5.41) is 11.0. The van der Waals surface area contributed by atoms with Gasteiger partial charge in [-0.15, -0.1) is 0 Å². The summed E-state index contributed by atoms with van der Waals surface area (Å²) < 4.78 is 5.21. The number of anilines is 1. The average Bonchev–Trinajstić information content (AvgIpc) is 2.95. The summed E-state index contributed by atoms with van der Waals surface area (Å²) >= 11 is 5.89. The number of nitrogens with one attached hydrogen (secondary N) is 2. The van der Waals surface area contributed by atoms with Crippen LogP contribution in [0.1, 0.15) is 5.56 Å². The van der Waals surface area contributed by atoms with Crippen LogP contribution in [0.25, 0.3) is 11.0 Å². The quantitative estimate of drug-likeness (QED) is 0.709. The van der Waals surface area contributed by atoms with Crippen LogP contribution in [-0.2, 0) is 6.42 Å². The Labute approximate surface area is 126 Å². The lowest BCUT2D eigenvalue weighted by molar-refractivity contribution is 0.414. The number of hydrogen-bond acceptors (Lipinski definition) is 5. The SMILES string of the molecule is COc1cccc(CCNc2nc(Cl)nc3[nH]ncc23)c1. The Balaban J connectivity index is 1.70. The molecule has 2 N–H and O–H groups in total. The van der Waals surface area contributed by atoms with Crippen LogP contribution >= 0.6 is 11.6 Å². The summed E-state index contributed by atoms with van der Waals surface area (Å²) in [6, 6.07) is 7.98. The molecule has 0 bridgehead atoms. The summed E-state index contributed by atoms with van der Waals surface area (Å²) in [7, 11) is 1.66. The molecule has 3 rings (SSSR count). The first-order chi connectivity index (χ1) is 10.3. The van der Waals surface area contributed by atoms with E-state index in [1.165, 1.54) is 5.56 Å². The van der Waals surface area contributed by atoms with E-state index in [0.717, 1.165) is 24.1 Å². The predicted molar refractivity (Wildman–Crippen MR) is 81.9 cm³/mol. The van der Waals surface area contributed by atoms with E-state index in [1.54, 1.807) is 13.3 Å². The highest BCUT2D eigenvalue weighted by atomic mass is 35.5. The van der Waals surface area contributed by atoms with Crippen molar-refractivity contribution in [1.82, 2.24) is 20.2 Å². The van der Waals surface area contributed by atoms with Crippen molar-refractivity contribution in [2.24, 2.45) is 0 Å². The van der Waals surface area contributed by atoms with E-state index < -0.39 is 0 Å². The minimum absolute atomic E-state index is 0.190.